The van der Waals surface area contributed by atoms with Gasteiger partial charge in [-0.05, 0) is 6.42 Å². The van der Waals surface area contributed by atoms with Crippen LogP contribution in [0.1, 0.15) is 12.8 Å². The van der Waals surface area contributed by atoms with Crippen molar-refractivity contribution in [2.45, 2.75) is 18.9 Å². The Morgan fingerprint density at radius 1 is 1.67 bits per heavy atom. The smallest absolute Gasteiger partial charge is 0.305 e. The molecular weight excluding hydrogens is 199 g/mol. The standard InChI is InChI=1S/C5H9O3.Zr/c1-2-4(6)3-5(7)8;/h4,6H,1-3H2,(H,7,8);. The molecule has 0 aliphatic rings. The second-order valence-corrected chi connectivity index (χ2v) is 1.54. The summed E-state index contributed by atoms with van der Waals surface area (Å²) in [5.74, 6) is -0.985. The molecule has 9 heavy (non-hydrogen) atoms. The molecule has 0 saturated heterocycles. The van der Waals surface area contributed by atoms with Crippen LogP contribution in [0.2, 0.25) is 0 Å². The van der Waals surface area contributed by atoms with Crippen LogP contribution in [0.15, 0.2) is 0 Å². The van der Waals surface area contributed by atoms with Crippen LogP contribution in [-0.4, -0.2) is 22.3 Å². The van der Waals surface area contributed by atoms with Gasteiger partial charge in [-0.25, -0.2) is 0 Å². The molecule has 0 spiro atoms. The minimum Gasteiger partial charge on any atom is -0.481 e. The van der Waals surface area contributed by atoms with Crippen LogP contribution >= 0.6 is 0 Å². The topological polar surface area (TPSA) is 57.5 Å². The summed E-state index contributed by atoms with van der Waals surface area (Å²) in [5, 5.41) is 16.6. The predicted molar refractivity (Wildman–Crippen MR) is 28.2 cm³/mol. The van der Waals surface area contributed by atoms with Gasteiger partial charge in [0.25, 0.3) is 0 Å². The first-order chi connectivity index (χ1) is 3.66. The number of rotatable bonds is 3. The van der Waals surface area contributed by atoms with E-state index in [2.05, 4.69) is 6.92 Å². The van der Waals surface area contributed by atoms with Gasteiger partial charge in [0, 0.05) is 26.2 Å². The van der Waals surface area contributed by atoms with Gasteiger partial charge in [0.1, 0.15) is 0 Å². The largest absolute Gasteiger partial charge is 0.481 e. The van der Waals surface area contributed by atoms with Crippen molar-refractivity contribution in [3.8, 4) is 0 Å². The fourth-order valence-corrected chi connectivity index (χ4v) is 0.304. The Bertz CT molecular complexity index is 84.3. The summed E-state index contributed by atoms with van der Waals surface area (Å²) in [6, 6.07) is 0. The summed E-state index contributed by atoms with van der Waals surface area (Å²) in [7, 11) is 0. The fraction of sp³-hybridized carbons (Fsp3) is 0.600. The summed E-state index contributed by atoms with van der Waals surface area (Å²) >= 11 is 0. The van der Waals surface area contributed by atoms with Crippen molar-refractivity contribution in [2.75, 3.05) is 0 Å². The monoisotopic (exact) mass is 207 g/mol. The Morgan fingerprint density at radius 3 is 2.22 bits per heavy atom. The van der Waals surface area contributed by atoms with Crippen LogP contribution in [0.25, 0.3) is 0 Å². The minimum absolute atomic E-state index is 0. The Balaban J connectivity index is 0. The number of hydrogen-bond donors (Lipinski definition) is 2. The molecule has 3 nitrogen and oxygen atoms in total. The Labute approximate surface area is 73.2 Å². The molecule has 0 fully saturated rings. The number of aliphatic hydroxyl groups is 1. The molecule has 0 aromatic rings. The van der Waals surface area contributed by atoms with E-state index in [9.17, 15) is 4.79 Å². The molecule has 0 aliphatic heterocycles. The first-order valence-corrected chi connectivity index (χ1v) is 2.36. The molecule has 0 aromatic heterocycles. The summed E-state index contributed by atoms with van der Waals surface area (Å²) in [6.45, 7) is 3.33. The van der Waals surface area contributed by atoms with Crippen LogP contribution in [0, 0.1) is 6.92 Å². The molecule has 0 amide bonds. The van der Waals surface area contributed by atoms with Gasteiger partial charge in [0.05, 0.1) is 12.5 Å². The second-order valence-electron chi connectivity index (χ2n) is 1.54. The molecule has 0 saturated carbocycles. The van der Waals surface area contributed by atoms with Gasteiger partial charge in [0.15, 0.2) is 0 Å². The van der Waals surface area contributed by atoms with E-state index < -0.39 is 12.1 Å². The van der Waals surface area contributed by atoms with Crippen molar-refractivity contribution in [3.63, 3.8) is 0 Å². The van der Waals surface area contributed by atoms with E-state index in [0.717, 1.165) is 0 Å². The molecule has 0 rings (SSSR count). The molecule has 1 atom stereocenters. The van der Waals surface area contributed by atoms with Gasteiger partial charge in [-0.2, -0.15) is 0 Å². The molecule has 51 valence electrons. The molecule has 0 heterocycles. The average molecular weight is 208 g/mol. The van der Waals surface area contributed by atoms with E-state index >= 15 is 0 Å². The minimum atomic E-state index is -0.985. The number of carbonyl (C=O) groups is 1. The number of carboxylic acid groups (broad SMARTS) is 1. The number of carboxylic acids is 1. The Morgan fingerprint density at radius 2 is 2.11 bits per heavy atom. The summed E-state index contributed by atoms with van der Waals surface area (Å²) in [5.41, 5.74) is 0. The number of aliphatic hydroxyl groups excluding tert-OH is 1. The van der Waals surface area contributed by atoms with E-state index in [1.165, 1.54) is 0 Å². The van der Waals surface area contributed by atoms with Crippen LogP contribution in [-0.2, 0) is 31.0 Å². The number of hydrogen-bond acceptors (Lipinski definition) is 2. The van der Waals surface area contributed by atoms with Gasteiger partial charge in [-0.1, -0.05) is 6.92 Å². The maximum Gasteiger partial charge on any atom is 0.305 e. The van der Waals surface area contributed by atoms with Gasteiger partial charge < -0.3 is 10.2 Å². The van der Waals surface area contributed by atoms with Crippen LogP contribution in [0.5, 0.6) is 0 Å². The van der Waals surface area contributed by atoms with Gasteiger partial charge in [-0.15, -0.1) is 0 Å². The van der Waals surface area contributed by atoms with Crippen molar-refractivity contribution in [1.82, 2.24) is 0 Å². The quantitative estimate of drug-likeness (QED) is 0.689. The molecule has 0 bridgehead atoms. The van der Waals surface area contributed by atoms with Crippen molar-refractivity contribution < 1.29 is 41.2 Å². The third kappa shape index (κ3) is 8.31. The Kier molecular flexibility index (Phi) is 8.60. The predicted octanol–water partition coefficient (Wildman–Crippen LogP) is 0.0437. The molecule has 2 N–H and O–H groups in total. The maximum absolute atomic E-state index is 9.78. The molecule has 1 radical (unpaired) electrons. The van der Waals surface area contributed by atoms with E-state index in [0.29, 0.717) is 0 Å². The summed E-state index contributed by atoms with van der Waals surface area (Å²) < 4.78 is 0. The van der Waals surface area contributed by atoms with Crippen molar-refractivity contribution in [3.05, 3.63) is 6.92 Å². The first kappa shape index (κ1) is 12.0. The van der Waals surface area contributed by atoms with Crippen molar-refractivity contribution in [1.29, 1.82) is 0 Å². The second kappa shape index (κ2) is 6.43. The normalized spacial score (nSPS) is 11.8. The third-order valence-corrected chi connectivity index (χ3v) is 0.743. The van der Waals surface area contributed by atoms with Crippen LogP contribution < -0.4 is 0 Å². The molecule has 1 unspecified atom stereocenters. The Hall–Kier alpha value is 0.313. The summed E-state index contributed by atoms with van der Waals surface area (Å²) in [6.07, 6.45) is -0.733. The van der Waals surface area contributed by atoms with Crippen LogP contribution in [0.4, 0.5) is 0 Å². The van der Waals surface area contributed by atoms with Gasteiger partial charge >= 0.3 is 5.97 Å². The maximum atomic E-state index is 9.78. The average Bonchev–Trinajstić information content (AvgIpc) is 1.65. The van der Waals surface area contributed by atoms with Gasteiger partial charge in [0.2, 0.25) is 0 Å². The fourth-order valence-electron chi connectivity index (χ4n) is 0.304. The third-order valence-electron chi connectivity index (χ3n) is 0.743. The summed E-state index contributed by atoms with van der Waals surface area (Å²) in [4.78, 5) is 9.78. The van der Waals surface area contributed by atoms with E-state index in [-0.39, 0.29) is 39.0 Å². The zero-order valence-corrected chi connectivity index (χ0v) is 7.46. The molecular formula is C5H9O3Zr. The van der Waals surface area contributed by atoms with E-state index in [4.69, 9.17) is 10.2 Å². The molecule has 0 aromatic carbocycles. The SMILES string of the molecule is [CH2]CC(O)CC(=O)O.[Zr]. The first-order valence-electron chi connectivity index (χ1n) is 2.36. The van der Waals surface area contributed by atoms with E-state index in [1.54, 1.807) is 0 Å². The zero-order valence-electron chi connectivity index (χ0n) is 5.00. The van der Waals surface area contributed by atoms with Crippen molar-refractivity contribution >= 4 is 5.97 Å². The van der Waals surface area contributed by atoms with E-state index in [1.807, 2.05) is 0 Å². The molecule has 4 heteroatoms. The van der Waals surface area contributed by atoms with Gasteiger partial charge in [-0.3, -0.25) is 4.79 Å². The van der Waals surface area contributed by atoms with Crippen molar-refractivity contribution in [2.24, 2.45) is 0 Å². The van der Waals surface area contributed by atoms with Crippen LogP contribution in [0.3, 0.4) is 0 Å². The molecule has 0 aliphatic carbocycles. The number of aliphatic carboxylic acids is 1. The zero-order chi connectivity index (χ0) is 6.57.